The highest BCUT2D eigenvalue weighted by Gasteiger charge is 2.07. The molecule has 0 aliphatic heterocycles. The van der Waals surface area contributed by atoms with Crippen molar-refractivity contribution in [1.29, 1.82) is 0 Å². The van der Waals surface area contributed by atoms with E-state index in [-0.39, 0.29) is 11.6 Å². The molecule has 1 aromatic heterocycles. The summed E-state index contributed by atoms with van der Waals surface area (Å²) in [4.78, 5) is 22.4. The zero-order chi connectivity index (χ0) is 20.5. The first-order chi connectivity index (χ1) is 14.1. The molecule has 150 valence electrons. The lowest BCUT2D eigenvalue weighted by molar-refractivity contribution is -0.384. The molecule has 1 amide bonds. The van der Waals surface area contributed by atoms with E-state index in [0.717, 1.165) is 16.8 Å². The van der Waals surface area contributed by atoms with Crippen LogP contribution in [0.15, 0.2) is 67.0 Å². The van der Waals surface area contributed by atoms with Gasteiger partial charge in [0.25, 0.3) is 5.69 Å². The summed E-state index contributed by atoms with van der Waals surface area (Å²) in [5.74, 6) is -0.00982. The van der Waals surface area contributed by atoms with E-state index in [1.54, 1.807) is 18.3 Å². The largest absolute Gasteiger partial charge is 0.385 e. The van der Waals surface area contributed by atoms with Crippen LogP contribution in [0.2, 0.25) is 0 Å². The minimum absolute atomic E-state index is 0.00982. The van der Waals surface area contributed by atoms with Gasteiger partial charge in [-0.05, 0) is 35.7 Å². The van der Waals surface area contributed by atoms with Crippen LogP contribution in [0.3, 0.4) is 0 Å². The molecule has 29 heavy (non-hydrogen) atoms. The zero-order valence-corrected chi connectivity index (χ0v) is 16.0. The highest BCUT2D eigenvalue weighted by Crippen LogP contribution is 2.15. The number of benzene rings is 2. The van der Waals surface area contributed by atoms with Crippen molar-refractivity contribution in [2.24, 2.45) is 0 Å². The molecule has 2 N–H and O–H groups in total. The van der Waals surface area contributed by atoms with E-state index in [0.29, 0.717) is 32.5 Å². The van der Waals surface area contributed by atoms with Gasteiger partial charge < -0.3 is 10.6 Å². The van der Waals surface area contributed by atoms with Crippen LogP contribution in [0.5, 0.6) is 0 Å². The van der Waals surface area contributed by atoms with Gasteiger partial charge in [-0.1, -0.05) is 24.3 Å². The first-order valence-electron chi connectivity index (χ1n) is 9.41. The van der Waals surface area contributed by atoms with Gasteiger partial charge in [-0.25, -0.2) is 0 Å². The van der Waals surface area contributed by atoms with Gasteiger partial charge >= 0.3 is 0 Å². The monoisotopic (exact) mass is 393 g/mol. The van der Waals surface area contributed by atoms with Crippen LogP contribution in [-0.2, 0) is 17.9 Å². The predicted octanol–water partition coefficient (Wildman–Crippen LogP) is 3.35. The minimum atomic E-state index is -0.429. The first kappa shape index (κ1) is 20.1. The van der Waals surface area contributed by atoms with E-state index >= 15 is 0 Å². The van der Waals surface area contributed by atoms with Crippen LogP contribution < -0.4 is 10.6 Å². The molecule has 0 aliphatic rings. The molecule has 1 heterocycles. The van der Waals surface area contributed by atoms with Gasteiger partial charge in [0.1, 0.15) is 0 Å². The van der Waals surface area contributed by atoms with Gasteiger partial charge in [0, 0.05) is 49.7 Å². The molecule has 0 aliphatic carbocycles. The minimum Gasteiger partial charge on any atom is -0.385 e. The second kappa shape index (κ2) is 10.0. The van der Waals surface area contributed by atoms with Gasteiger partial charge in [0.2, 0.25) is 5.91 Å². The number of nitrogens with one attached hydrogen (secondary N) is 2. The fraction of sp³-hybridized carbons (Fsp3) is 0.238. The van der Waals surface area contributed by atoms with Gasteiger partial charge in [-0.2, -0.15) is 5.10 Å². The number of hydrogen-bond donors (Lipinski definition) is 2. The number of anilines is 1. The summed E-state index contributed by atoms with van der Waals surface area (Å²) in [5, 5.41) is 21.0. The summed E-state index contributed by atoms with van der Waals surface area (Å²) >= 11 is 0. The Balaban J connectivity index is 1.39. The average Bonchev–Trinajstić information content (AvgIpc) is 3.24. The van der Waals surface area contributed by atoms with E-state index in [9.17, 15) is 14.9 Å². The number of hydrogen-bond acceptors (Lipinski definition) is 5. The standard InChI is InChI=1S/C21H23N5O3/c27-21(7-3-12-22-19-8-10-20(11-9-19)26(28)29)23-15-17-5-1-2-6-18(17)16-25-14-4-13-24-25/h1-2,4-6,8-11,13-14,22H,3,7,12,15-16H2,(H,23,27). The summed E-state index contributed by atoms with van der Waals surface area (Å²) in [7, 11) is 0. The second-order valence-corrected chi connectivity index (χ2v) is 6.58. The molecule has 0 fully saturated rings. The van der Waals surface area contributed by atoms with E-state index in [4.69, 9.17) is 0 Å². The summed E-state index contributed by atoms with van der Waals surface area (Å²) in [6.07, 6.45) is 4.72. The summed E-state index contributed by atoms with van der Waals surface area (Å²) in [5.41, 5.74) is 3.04. The lowest BCUT2D eigenvalue weighted by Gasteiger charge is -2.11. The van der Waals surface area contributed by atoms with Gasteiger partial charge in [-0.3, -0.25) is 19.6 Å². The number of nitro benzene ring substituents is 1. The Morgan fingerprint density at radius 3 is 2.52 bits per heavy atom. The van der Waals surface area contributed by atoms with Crippen LogP contribution in [0.25, 0.3) is 0 Å². The molecule has 8 nitrogen and oxygen atoms in total. The number of nitro groups is 1. The molecule has 0 radical (unpaired) electrons. The maximum Gasteiger partial charge on any atom is 0.269 e. The third kappa shape index (κ3) is 6.17. The van der Waals surface area contributed by atoms with Crippen LogP contribution in [-0.4, -0.2) is 27.2 Å². The number of rotatable bonds is 10. The van der Waals surface area contributed by atoms with Gasteiger partial charge in [-0.15, -0.1) is 0 Å². The maximum absolute atomic E-state index is 12.1. The fourth-order valence-electron chi connectivity index (χ4n) is 2.92. The summed E-state index contributed by atoms with van der Waals surface area (Å²) < 4.78 is 1.85. The Kier molecular flexibility index (Phi) is 6.94. The molecule has 2 aromatic carbocycles. The van der Waals surface area contributed by atoms with E-state index < -0.39 is 4.92 Å². The molecule has 0 atom stereocenters. The molecule has 8 heteroatoms. The number of carbonyl (C=O) groups is 1. The van der Waals surface area contributed by atoms with Crippen molar-refractivity contribution in [3.63, 3.8) is 0 Å². The van der Waals surface area contributed by atoms with E-state index in [1.807, 2.05) is 41.2 Å². The number of nitrogens with zero attached hydrogens (tertiary/aromatic N) is 3. The third-order valence-electron chi connectivity index (χ3n) is 4.47. The van der Waals surface area contributed by atoms with E-state index in [2.05, 4.69) is 15.7 Å². The highest BCUT2D eigenvalue weighted by molar-refractivity contribution is 5.75. The Morgan fingerprint density at radius 2 is 1.83 bits per heavy atom. The van der Waals surface area contributed by atoms with Crippen LogP contribution >= 0.6 is 0 Å². The molecule has 3 aromatic rings. The lowest BCUT2D eigenvalue weighted by atomic mass is 10.1. The number of carbonyl (C=O) groups excluding carboxylic acids is 1. The smallest absolute Gasteiger partial charge is 0.269 e. The summed E-state index contributed by atoms with van der Waals surface area (Å²) in [6, 6.07) is 16.1. The predicted molar refractivity (Wildman–Crippen MR) is 110 cm³/mol. The molecule has 0 spiro atoms. The molecule has 0 saturated carbocycles. The number of non-ortho nitro benzene ring substituents is 1. The van der Waals surface area contributed by atoms with Crippen LogP contribution in [0.1, 0.15) is 24.0 Å². The van der Waals surface area contributed by atoms with Crippen molar-refractivity contribution >= 4 is 17.3 Å². The molecule has 3 rings (SSSR count). The maximum atomic E-state index is 12.1. The van der Waals surface area contributed by atoms with Crippen molar-refractivity contribution in [2.45, 2.75) is 25.9 Å². The van der Waals surface area contributed by atoms with Gasteiger partial charge in [0.15, 0.2) is 0 Å². The summed E-state index contributed by atoms with van der Waals surface area (Å²) in [6.45, 7) is 1.76. The average molecular weight is 393 g/mol. The Bertz CT molecular complexity index is 939. The van der Waals surface area contributed by atoms with Crippen LogP contribution in [0.4, 0.5) is 11.4 Å². The van der Waals surface area contributed by atoms with Crippen molar-refractivity contribution < 1.29 is 9.72 Å². The van der Waals surface area contributed by atoms with Gasteiger partial charge in [0.05, 0.1) is 11.5 Å². The molecule has 0 bridgehead atoms. The number of aromatic nitrogens is 2. The molecule has 0 unspecified atom stereocenters. The normalized spacial score (nSPS) is 10.5. The SMILES string of the molecule is O=C(CCCNc1ccc([N+](=O)[O-])cc1)NCc1ccccc1Cn1cccn1. The number of amides is 1. The zero-order valence-electron chi connectivity index (χ0n) is 16.0. The molecular weight excluding hydrogens is 370 g/mol. The van der Waals surface area contributed by atoms with Crippen molar-refractivity contribution in [3.05, 3.63) is 88.2 Å². The third-order valence-corrected chi connectivity index (χ3v) is 4.47. The second-order valence-electron chi connectivity index (χ2n) is 6.58. The Hall–Kier alpha value is -3.68. The quantitative estimate of drug-likeness (QED) is 0.312. The topological polar surface area (TPSA) is 102 Å². The Morgan fingerprint density at radius 1 is 1.07 bits per heavy atom. The van der Waals surface area contributed by atoms with Crippen molar-refractivity contribution in [2.75, 3.05) is 11.9 Å². The Labute approximate surface area is 168 Å². The highest BCUT2D eigenvalue weighted by atomic mass is 16.6. The fourth-order valence-corrected chi connectivity index (χ4v) is 2.92. The van der Waals surface area contributed by atoms with Crippen molar-refractivity contribution in [1.82, 2.24) is 15.1 Å². The van der Waals surface area contributed by atoms with Crippen molar-refractivity contribution in [3.8, 4) is 0 Å². The first-order valence-corrected chi connectivity index (χ1v) is 9.41. The van der Waals surface area contributed by atoms with E-state index in [1.165, 1.54) is 12.1 Å². The lowest BCUT2D eigenvalue weighted by Crippen LogP contribution is -2.24. The van der Waals surface area contributed by atoms with Crippen LogP contribution in [0, 0.1) is 10.1 Å². The molecule has 0 saturated heterocycles. The molecular formula is C21H23N5O3.